The molecule has 3 N–H and O–H groups in total. The van der Waals surface area contributed by atoms with Crippen LogP contribution in [0.1, 0.15) is 141 Å². The fourth-order valence-electron chi connectivity index (χ4n) is 9.37. The summed E-state index contributed by atoms with van der Waals surface area (Å²) < 4.78 is 19.2. The highest BCUT2D eigenvalue weighted by Gasteiger charge is 2.45. The summed E-state index contributed by atoms with van der Waals surface area (Å²) >= 11 is 0. The fraction of sp³-hybridized carbons (Fsp3) is 0.929. The third-order valence-electron chi connectivity index (χ3n) is 13.3. The average Bonchev–Trinajstić information content (AvgIpc) is 3.04. The Morgan fingerprint density at radius 3 is 0.833 bits per heavy atom. The van der Waals surface area contributed by atoms with E-state index in [1.807, 2.05) is 0 Å². The molecule has 0 aliphatic carbocycles. The molecule has 0 saturated carbocycles. The van der Waals surface area contributed by atoms with Crippen LogP contribution in [0.15, 0.2) is 0 Å². The van der Waals surface area contributed by atoms with Crippen molar-refractivity contribution < 1.29 is 14.2 Å². The first-order valence-electron chi connectivity index (χ1n) is 21.0. The van der Waals surface area contributed by atoms with Gasteiger partial charge in [0.15, 0.2) is 0 Å². The molecule has 0 radical (unpaired) electrons. The molecule has 12 heteroatoms. The van der Waals surface area contributed by atoms with Crippen LogP contribution >= 0.6 is 0 Å². The highest BCUT2D eigenvalue weighted by Crippen LogP contribution is 2.40. The molecule has 0 spiro atoms. The van der Waals surface area contributed by atoms with Gasteiger partial charge in [0, 0.05) is 72.7 Å². The summed E-state index contributed by atoms with van der Waals surface area (Å²) in [6.45, 7) is 32.1. The predicted octanol–water partition coefficient (Wildman–Crippen LogP) is 7.28. The van der Waals surface area contributed by atoms with Gasteiger partial charge in [0.25, 0.3) is 0 Å². The van der Waals surface area contributed by atoms with Crippen LogP contribution in [0, 0.1) is 0 Å². The molecule has 312 valence electrons. The maximum Gasteiger partial charge on any atom is 0.229 e. The lowest BCUT2D eigenvalue weighted by Crippen LogP contribution is -2.60. The van der Waals surface area contributed by atoms with E-state index < -0.39 is 0 Å². The zero-order valence-corrected chi connectivity index (χ0v) is 37.2. The van der Waals surface area contributed by atoms with Crippen molar-refractivity contribution >= 4 is 17.8 Å². The topological polar surface area (TPSA) is 112 Å². The van der Waals surface area contributed by atoms with Crippen LogP contribution in [-0.4, -0.2) is 142 Å². The smallest absolute Gasteiger partial charge is 0.229 e. The van der Waals surface area contributed by atoms with Crippen molar-refractivity contribution in [1.29, 1.82) is 0 Å². The Hall–Kier alpha value is -1.83. The number of piperidine rings is 3. The van der Waals surface area contributed by atoms with E-state index in [9.17, 15) is 0 Å². The van der Waals surface area contributed by atoms with E-state index in [-0.39, 0.29) is 51.5 Å². The van der Waals surface area contributed by atoms with Crippen LogP contribution in [0.4, 0.5) is 17.8 Å². The van der Waals surface area contributed by atoms with Gasteiger partial charge >= 0.3 is 0 Å². The van der Waals surface area contributed by atoms with E-state index >= 15 is 0 Å². The molecular formula is C42H81N9O3. The SMILES string of the molecule is CN1C(C)(C)CC(OCCCNc2nc(NCCCOC3CC(C)(C)N(C)C(C)(C)C3)nc(NCCCOC3CC(C)(C)N(C)C(C)(C)C3)n2)CC1(C)C. The van der Waals surface area contributed by atoms with Gasteiger partial charge < -0.3 is 30.2 Å². The zero-order chi connectivity index (χ0) is 40.2. The highest BCUT2D eigenvalue weighted by atomic mass is 16.5. The molecule has 1 aromatic heterocycles. The largest absolute Gasteiger partial charge is 0.378 e. The lowest BCUT2D eigenvalue weighted by atomic mass is 9.79. The number of nitrogens with zero attached hydrogens (tertiary/aromatic N) is 6. The molecule has 0 atom stereocenters. The quantitative estimate of drug-likeness (QED) is 0.131. The Morgan fingerprint density at radius 2 is 0.630 bits per heavy atom. The van der Waals surface area contributed by atoms with Gasteiger partial charge in [-0.3, -0.25) is 14.7 Å². The molecule has 0 bridgehead atoms. The van der Waals surface area contributed by atoms with E-state index in [4.69, 9.17) is 29.2 Å². The number of hydrogen-bond donors (Lipinski definition) is 3. The average molecular weight is 760 g/mol. The monoisotopic (exact) mass is 760 g/mol. The number of anilines is 3. The summed E-state index contributed by atoms with van der Waals surface area (Å²) in [5.74, 6) is 1.70. The number of ether oxygens (including phenoxy) is 3. The lowest BCUT2D eigenvalue weighted by Gasteiger charge is -2.53. The Morgan fingerprint density at radius 1 is 0.426 bits per heavy atom. The van der Waals surface area contributed by atoms with E-state index in [2.05, 4.69) is 135 Å². The van der Waals surface area contributed by atoms with Gasteiger partial charge in [0.1, 0.15) is 0 Å². The molecular weight excluding hydrogens is 679 g/mol. The van der Waals surface area contributed by atoms with Crippen LogP contribution in [0.5, 0.6) is 0 Å². The predicted molar refractivity (Wildman–Crippen MR) is 224 cm³/mol. The molecule has 3 aliphatic rings. The highest BCUT2D eigenvalue weighted by molar-refractivity contribution is 5.42. The number of aromatic nitrogens is 3. The molecule has 4 heterocycles. The Labute approximate surface area is 330 Å². The van der Waals surface area contributed by atoms with E-state index in [0.29, 0.717) is 37.7 Å². The first-order chi connectivity index (χ1) is 24.9. The van der Waals surface area contributed by atoms with E-state index in [1.54, 1.807) is 0 Å². The molecule has 1 aromatic rings. The summed E-state index contributed by atoms with van der Waals surface area (Å²) in [4.78, 5) is 21.7. The van der Waals surface area contributed by atoms with Crippen LogP contribution in [-0.2, 0) is 14.2 Å². The third kappa shape index (κ3) is 12.1. The van der Waals surface area contributed by atoms with Crippen molar-refractivity contribution in [3.63, 3.8) is 0 Å². The number of hydrogen-bond acceptors (Lipinski definition) is 12. The molecule has 3 fully saturated rings. The summed E-state index contributed by atoms with van der Waals surface area (Å²) in [7, 11) is 6.70. The van der Waals surface area contributed by atoms with Gasteiger partial charge in [-0.1, -0.05) is 0 Å². The minimum atomic E-state index is 0.113. The number of nitrogens with one attached hydrogen (secondary N) is 3. The van der Waals surface area contributed by atoms with Crippen molar-refractivity contribution in [3.05, 3.63) is 0 Å². The minimum absolute atomic E-state index is 0.113. The molecule has 12 nitrogen and oxygen atoms in total. The second-order valence-corrected chi connectivity index (χ2v) is 20.4. The van der Waals surface area contributed by atoms with E-state index in [1.165, 1.54) is 0 Å². The molecule has 0 aromatic carbocycles. The molecule has 0 amide bonds. The number of likely N-dealkylation sites (tertiary alicyclic amines) is 3. The second kappa shape index (κ2) is 17.8. The summed E-state index contributed by atoms with van der Waals surface area (Å²) in [6.07, 6.45) is 9.62. The van der Waals surface area contributed by atoms with Gasteiger partial charge in [0.2, 0.25) is 17.8 Å². The van der Waals surface area contributed by atoms with Gasteiger partial charge in [-0.2, -0.15) is 15.0 Å². The molecule has 4 rings (SSSR count). The maximum absolute atomic E-state index is 6.41. The molecule has 0 unspecified atom stereocenters. The maximum atomic E-state index is 6.41. The summed E-state index contributed by atoms with van der Waals surface area (Å²) in [5.41, 5.74) is 0.679. The second-order valence-electron chi connectivity index (χ2n) is 20.4. The molecule has 54 heavy (non-hydrogen) atoms. The van der Waals surface area contributed by atoms with Gasteiger partial charge in [0.05, 0.1) is 18.3 Å². The van der Waals surface area contributed by atoms with Crippen LogP contribution in [0.3, 0.4) is 0 Å². The summed E-state index contributed by atoms with van der Waals surface area (Å²) in [5, 5.41) is 10.3. The van der Waals surface area contributed by atoms with Crippen molar-refractivity contribution in [1.82, 2.24) is 29.7 Å². The summed E-state index contributed by atoms with van der Waals surface area (Å²) in [6, 6.07) is 0. The molecule has 3 aliphatic heterocycles. The van der Waals surface area contributed by atoms with Gasteiger partial charge in [-0.05, 0) is 162 Å². The van der Waals surface area contributed by atoms with Crippen molar-refractivity contribution in [3.8, 4) is 0 Å². The zero-order valence-electron chi connectivity index (χ0n) is 37.2. The van der Waals surface area contributed by atoms with Gasteiger partial charge in [-0.15, -0.1) is 0 Å². The Balaban J connectivity index is 1.27. The normalized spacial score (nSPS) is 24.7. The van der Waals surface area contributed by atoms with Crippen LogP contribution < -0.4 is 16.0 Å². The first-order valence-corrected chi connectivity index (χ1v) is 21.0. The third-order valence-corrected chi connectivity index (χ3v) is 13.3. The lowest BCUT2D eigenvalue weighted by molar-refractivity contribution is -0.0916. The number of rotatable bonds is 18. The Bertz CT molecular complexity index is 1110. The minimum Gasteiger partial charge on any atom is -0.378 e. The fourth-order valence-corrected chi connectivity index (χ4v) is 9.37. The first kappa shape index (κ1) is 44.9. The van der Waals surface area contributed by atoms with Crippen molar-refractivity contribution in [2.75, 3.05) is 76.5 Å². The van der Waals surface area contributed by atoms with E-state index in [0.717, 1.165) is 77.4 Å². The van der Waals surface area contributed by atoms with Crippen molar-refractivity contribution in [2.45, 2.75) is 192 Å². The standard InChI is InChI=1S/C42H81N9O3/c1-37(2)25-31(26-38(3,4)49(37)13)52-22-16-19-43-34-46-35(44-20-17-23-53-32-27-39(5,6)50(14)40(7,8)28-32)48-36(47-34)45-21-18-24-54-33-29-41(9,10)51(15)42(11,12)30-33/h31-33H,16-30H2,1-15H3,(H3,43,44,45,46,47,48). The van der Waals surface area contributed by atoms with Crippen LogP contribution in [0.25, 0.3) is 0 Å². The van der Waals surface area contributed by atoms with Crippen LogP contribution in [0.2, 0.25) is 0 Å². The van der Waals surface area contributed by atoms with Gasteiger partial charge in [-0.25, -0.2) is 0 Å². The molecule has 3 saturated heterocycles. The van der Waals surface area contributed by atoms with Crippen molar-refractivity contribution in [2.24, 2.45) is 0 Å². The Kier molecular flexibility index (Phi) is 14.8.